The Morgan fingerprint density at radius 3 is 2.74 bits per heavy atom. The normalized spacial score (nSPS) is 21.0. The van der Waals surface area contributed by atoms with E-state index in [1.54, 1.807) is 13.8 Å². The highest BCUT2D eigenvalue weighted by molar-refractivity contribution is 7.97. The third kappa shape index (κ3) is 4.92. The lowest BCUT2D eigenvalue weighted by Crippen LogP contribution is -2.64. The Labute approximate surface area is 140 Å². The molecule has 0 bridgehead atoms. The smallest absolute Gasteiger partial charge is 0.339 e. The summed E-state index contributed by atoms with van der Waals surface area (Å²) in [6.07, 6.45) is 1.12. The van der Waals surface area contributed by atoms with Crippen molar-refractivity contribution >= 4 is 23.9 Å². The number of esters is 1. The van der Waals surface area contributed by atoms with Crippen LogP contribution in [0.4, 0.5) is 0 Å². The standard InChI is InChI=1S/C14H24N2O6S/c1-4-7-21-12(19)14(11(17)18,9-13(3,15)22-5-2)16-6-8-20-10-23-16/h4H,1,5-10,15H2,2-3H3,(H,17,18)/t13-,14?/m0/s1. The van der Waals surface area contributed by atoms with Crippen LogP contribution in [0.1, 0.15) is 20.3 Å². The Morgan fingerprint density at radius 2 is 2.26 bits per heavy atom. The van der Waals surface area contributed by atoms with Crippen LogP contribution in [0.25, 0.3) is 0 Å². The number of hydrogen-bond donors (Lipinski definition) is 2. The summed E-state index contributed by atoms with van der Waals surface area (Å²) in [5.41, 5.74) is 2.78. The van der Waals surface area contributed by atoms with Crippen molar-refractivity contribution in [2.24, 2.45) is 5.73 Å². The first kappa shape index (κ1) is 19.9. The maximum atomic E-state index is 12.6. The van der Waals surface area contributed by atoms with Crippen LogP contribution in [0.2, 0.25) is 0 Å². The first-order valence-corrected chi connectivity index (χ1v) is 8.17. The highest BCUT2D eigenvalue weighted by atomic mass is 32.2. The second-order valence-electron chi connectivity index (χ2n) is 5.23. The molecule has 132 valence electrons. The minimum absolute atomic E-state index is 0.0845. The minimum atomic E-state index is -1.96. The lowest BCUT2D eigenvalue weighted by atomic mass is 9.89. The first-order chi connectivity index (χ1) is 10.8. The zero-order valence-electron chi connectivity index (χ0n) is 13.4. The monoisotopic (exact) mass is 348 g/mol. The van der Waals surface area contributed by atoms with Crippen molar-refractivity contribution in [1.29, 1.82) is 0 Å². The Morgan fingerprint density at radius 1 is 1.57 bits per heavy atom. The Kier molecular flexibility index (Phi) is 7.49. The molecule has 2 atom stereocenters. The maximum Gasteiger partial charge on any atom is 0.339 e. The van der Waals surface area contributed by atoms with Gasteiger partial charge in [-0.05, 0) is 25.8 Å². The highest BCUT2D eigenvalue weighted by Gasteiger charge is 2.57. The number of carbonyl (C=O) groups is 2. The Bertz CT molecular complexity index is 439. The van der Waals surface area contributed by atoms with Gasteiger partial charge in [0.15, 0.2) is 0 Å². The van der Waals surface area contributed by atoms with Crippen LogP contribution in [0.15, 0.2) is 12.7 Å². The molecule has 1 rings (SSSR count). The van der Waals surface area contributed by atoms with Crippen LogP contribution in [-0.4, -0.2) is 64.9 Å². The SMILES string of the molecule is C=CCOC(=O)C(C[C@@](C)(N)OCC)(C(=O)O)N1CCOCS1. The van der Waals surface area contributed by atoms with Crippen LogP contribution in [-0.2, 0) is 23.8 Å². The van der Waals surface area contributed by atoms with Crippen LogP contribution in [0.3, 0.4) is 0 Å². The quantitative estimate of drug-likeness (QED) is 0.203. The van der Waals surface area contributed by atoms with Crippen LogP contribution in [0, 0.1) is 0 Å². The molecule has 1 heterocycles. The van der Waals surface area contributed by atoms with Gasteiger partial charge >= 0.3 is 11.9 Å². The van der Waals surface area contributed by atoms with Crippen molar-refractivity contribution in [3.63, 3.8) is 0 Å². The van der Waals surface area contributed by atoms with E-state index in [4.69, 9.17) is 19.9 Å². The van der Waals surface area contributed by atoms with Crippen molar-refractivity contribution in [1.82, 2.24) is 4.31 Å². The molecule has 0 aromatic rings. The molecule has 0 aromatic carbocycles. The fourth-order valence-corrected chi connectivity index (χ4v) is 3.31. The lowest BCUT2D eigenvalue weighted by Gasteiger charge is -2.42. The molecule has 1 saturated heterocycles. The molecular weight excluding hydrogens is 324 g/mol. The second-order valence-corrected chi connectivity index (χ2v) is 6.17. The van der Waals surface area contributed by atoms with E-state index in [1.165, 1.54) is 10.4 Å². The molecule has 0 amide bonds. The van der Waals surface area contributed by atoms with Crippen molar-refractivity contribution in [2.45, 2.75) is 31.5 Å². The molecule has 3 N–H and O–H groups in total. The van der Waals surface area contributed by atoms with Crippen LogP contribution >= 0.6 is 11.9 Å². The summed E-state index contributed by atoms with van der Waals surface area (Å²) in [4.78, 5) is 24.7. The highest BCUT2D eigenvalue weighted by Crippen LogP contribution is 2.35. The molecule has 0 aliphatic carbocycles. The van der Waals surface area contributed by atoms with Gasteiger partial charge in [-0.15, -0.1) is 0 Å². The molecule has 0 radical (unpaired) electrons. The van der Waals surface area contributed by atoms with Gasteiger partial charge in [0.25, 0.3) is 0 Å². The molecule has 0 spiro atoms. The van der Waals surface area contributed by atoms with E-state index in [1.807, 2.05) is 0 Å². The molecule has 1 aliphatic rings. The molecule has 1 fully saturated rings. The fraction of sp³-hybridized carbons (Fsp3) is 0.714. The summed E-state index contributed by atoms with van der Waals surface area (Å²) in [6.45, 7) is 7.52. The molecule has 8 nitrogen and oxygen atoms in total. The fourth-order valence-electron chi connectivity index (χ4n) is 2.35. The topological polar surface area (TPSA) is 111 Å². The van der Waals surface area contributed by atoms with E-state index in [9.17, 15) is 14.7 Å². The number of carboxylic acid groups (broad SMARTS) is 1. The third-order valence-corrected chi connectivity index (χ3v) is 4.34. The van der Waals surface area contributed by atoms with E-state index in [2.05, 4.69) is 6.58 Å². The molecule has 9 heteroatoms. The van der Waals surface area contributed by atoms with Crippen molar-refractivity contribution < 1.29 is 28.9 Å². The molecule has 0 aromatic heterocycles. The summed E-state index contributed by atoms with van der Waals surface area (Å²) < 4.78 is 17.1. The van der Waals surface area contributed by atoms with Crippen molar-refractivity contribution in [3.8, 4) is 0 Å². The molecular formula is C14H24N2O6S. The minimum Gasteiger partial charge on any atom is -0.479 e. The van der Waals surface area contributed by atoms with E-state index in [-0.39, 0.29) is 25.5 Å². The van der Waals surface area contributed by atoms with Crippen LogP contribution in [0.5, 0.6) is 0 Å². The zero-order chi connectivity index (χ0) is 17.5. The molecule has 1 aliphatic heterocycles. The summed E-state index contributed by atoms with van der Waals surface area (Å²) in [5.74, 6) is -1.98. The van der Waals surface area contributed by atoms with Gasteiger partial charge < -0.3 is 25.1 Å². The van der Waals surface area contributed by atoms with E-state index >= 15 is 0 Å². The second kappa shape index (κ2) is 8.65. The molecule has 1 unspecified atom stereocenters. The number of aliphatic carboxylic acids is 1. The average molecular weight is 348 g/mol. The number of carbonyl (C=O) groups excluding carboxylic acids is 1. The third-order valence-electron chi connectivity index (χ3n) is 3.26. The largest absolute Gasteiger partial charge is 0.479 e. The van der Waals surface area contributed by atoms with Gasteiger partial charge in [0.1, 0.15) is 18.3 Å². The van der Waals surface area contributed by atoms with E-state index < -0.39 is 23.2 Å². The number of hydrogen-bond acceptors (Lipinski definition) is 8. The summed E-state index contributed by atoms with van der Waals surface area (Å²) in [5, 5.41) is 9.84. The van der Waals surface area contributed by atoms with Gasteiger partial charge in [-0.3, -0.25) is 0 Å². The number of rotatable bonds is 9. The van der Waals surface area contributed by atoms with Gasteiger partial charge in [0.05, 0.1) is 6.61 Å². The maximum absolute atomic E-state index is 12.6. The average Bonchev–Trinajstić information content (AvgIpc) is 2.50. The number of nitrogens with two attached hydrogens (primary N) is 1. The molecule has 23 heavy (non-hydrogen) atoms. The van der Waals surface area contributed by atoms with Gasteiger partial charge in [-0.1, -0.05) is 12.7 Å². The van der Waals surface area contributed by atoms with Gasteiger partial charge in [0, 0.05) is 19.6 Å². The predicted molar refractivity (Wildman–Crippen MR) is 85.5 cm³/mol. The van der Waals surface area contributed by atoms with Crippen molar-refractivity contribution in [2.75, 3.05) is 32.3 Å². The number of nitrogens with zero attached hydrogens (tertiary/aromatic N) is 1. The number of carboxylic acids is 1. The van der Waals surface area contributed by atoms with Gasteiger partial charge in [0.2, 0.25) is 5.54 Å². The lowest BCUT2D eigenvalue weighted by molar-refractivity contribution is -0.174. The van der Waals surface area contributed by atoms with Crippen molar-refractivity contribution in [3.05, 3.63) is 12.7 Å². The number of ether oxygens (including phenoxy) is 3. The predicted octanol–water partition coefficient (Wildman–Crippen LogP) is 0.578. The Hall–Kier alpha value is -1.13. The van der Waals surface area contributed by atoms with E-state index in [0.29, 0.717) is 13.2 Å². The summed E-state index contributed by atoms with van der Waals surface area (Å²) >= 11 is 1.11. The van der Waals surface area contributed by atoms with Crippen LogP contribution < -0.4 is 5.73 Å². The zero-order valence-corrected chi connectivity index (χ0v) is 14.3. The summed E-state index contributed by atoms with van der Waals surface area (Å²) in [6, 6.07) is 0. The first-order valence-electron chi connectivity index (χ1n) is 7.23. The Balaban J connectivity index is 3.20. The molecule has 0 saturated carbocycles. The summed E-state index contributed by atoms with van der Waals surface area (Å²) in [7, 11) is 0. The van der Waals surface area contributed by atoms with E-state index in [0.717, 1.165) is 11.9 Å². The van der Waals surface area contributed by atoms with Gasteiger partial charge in [-0.2, -0.15) is 0 Å². The van der Waals surface area contributed by atoms with Gasteiger partial charge in [-0.25, -0.2) is 13.9 Å².